The third-order valence-electron chi connectivity index (χ3n) is 2.61. The fourth-order valence-electron chi connectivity index (χ4n) is 1.64. The number of hydrogen-bond donors (Lipinski definition) is 0. The fourth-order valence-corrected chi connectivity index (χ4v) is 3.23. The van der Waals surface area contributed by atoms with Crippen LogP contribution in [0.2, 0.25) is 0 Å². The summed E-state index contributed by atoms with van der Waals surface area (Å²) in [5, 5.41) is 2.17. The van der Waals surface area contributed by atoms with Gasteiger partial charge in [-0.2, -0.15) is 0 Å². The number of halogens is 2. The van der Waals surface area contributed by atoms with Crippen molar-refractivity contribution in [3.63, 3.8) is 0 Å². The molecule has 0 aliphatic rings. The van der Waals surface area contributed by atoms with Crippen molar-refractivity contribution in [1.29, 1.82) is 0 Å². The van der Waals surface area contributed by atoms with Crippen molar-refractivity contribution in [3.8, 4) is 0 Å². The van der Waals surface area contributed by atoms with Gasteiger partial charge in [0.25, 0.3) is 0 Å². The molecule has 0 aliphatic carbocycles. The number of hydrogen-bond acceptors (Lipinski definition) is 1. The Morgan fingerprint density at radius 3 is 2.75 bits per heavy atom. The molecule has 0 N–H and O–H groups in total. The van der Waals surface area contributed by atoms with Crippen LogP contribution in [0, 0.1) is 6.92 Å². The van der Waals surface area contributed by atoms with Crippen LogP contribution in [0.5, 0.6) is 0 Å². The molecule has 0 spiro atoms. The van der Waals surface area contributed by atoms with Crippen LogP contribution in [-0.2, 0) is 6.42 Å². The first-order valence-corrected chi connectivity index (χ1v) is 7.20. The second-order valence-electron chi connectivity index (χ2n) is 3.78. The molecule has 2 rings (SSSR count). The van der Waals surface area contributed by atoms with Gasteiger partial charge in [-0.25, -0.2) is 0 Å². The normalized spacial score (nSPS) is 12.7. The Morgan fingerprint density at radius 1 is 1.38 bits per heavy atom. The van der Waals surface area contributed by atoms with E-state index in [9.17, 15) is 0 Å². The Hall–Kier alpha value is -0.310. The first-order valence-electron chi connectivity index (χ1n) is 5.09. The molecule has 1 heterocycles. The Kier molecular flexibility index (Phi) is 4.06. The summed E-state index contributed by atoms with van der Waals surface area (Å²) in [6.07, 6.45) is 0.886. The molecule has 0 saturated heterocycles. The molecule has 0 fully saturated rings. The van der Waals surface area contributed by atoms with Crippen molar-refractivity contribution in [3.05, 3.63) is 56.2 Å². The first-order chi connectivity index (χ1) is 7.66. The molecule has 0 aliphatic heterocycles. The van der Waals surface area contributed by atoms with Gasteiger partial charge in [0.05, 0.1) is 9.16 Å². The quantitative estimate of drug-likeness (QED) is 0.670. The number of alkyl halides is 1. The maximum absolute atomic E-state index is 6.41. The van der Waals surface area contributed by atoms with Crippen molar-refractivity contribution in [2.75, 3.05) is 0 Å². The highest BCUT2D eigenvalue weighted by Gasteiger charge is 2.11. The summed E-state index contributed by atoms with van der Waals surface area (Å²) in [5.74, 6) is 0. The van der Waals surface area contributed by atoms with Crippen molar-refractivity contribution < 1.29 is 0 Å². The summed E-state index contributed by atoms with van der Waals surface area (Å²) in [6.45, 7) is 2.13. The molecule has 0 saturated carbocycles. The van der Waals surface area contributed by atoms with Crippen LogP contribution in [0.15, 0.2) is 39.5 Å². The Bertz CT molecular complexity index is 478. The van der Waals surface area contributed by atoms with E-state index in [0.717, 1.165) is 10.2 Å². The van der Waals surface area contributed by atoms with Gasteiger partial charge in [-0.05, 0) is 57.4 Å². The zero-order valence-corrected chi connectivity index (χ0v) is 12.1. The number of rotatable bonds is 3. The second-order valence-corrected chi connectivity index (χ2v) is 6.60. The van der Waals surface area contributed by atoms with E-state index in [1.807, 2.05) is 0 Å². The van der Waals surface area contributed by atoms with Crippen LogP contribution in [0.25, 0.3) is 0 Å². The molecule has 0 radical (unpaired) electrons. The van der Waals surface area contributed by atoms with E-state index in [1.165, 1.54) is 16.7 Å². The second kappa shape index (κ2) is 5.35. The van der Waals surface area contributed by atoms with Crippen LogP contribution in [0.4, 0.5) is 0 Å². The minimum absolute atomic E-state index is 0.0589. The van der Waals surface area contributed by atoms with Crippen LogP contribution < -0.4 is 0 Å². The molecule has 1 atom stereocenters. The van der Waals surface area contributed by atoms with Gasteiger partial charge >= 0.3 is 0 Å². The Labute approximate surface area is 113 Å². The highest BCUT2D eigenvalue weighted by molar-refractivity contribution is 9.11. The highest BCUT2D eigenvalue weighted by Crippen LogP contribution is 2.31. The van der Waals surface area contributed by atoms with E-state index in [0.29, 0.717) is 0 Å². The molecular formula is C13H12BrClS. The molecule has 0 nitrogen and oxygen atoms in total. The Morgan fingerprint density at radius 2 is 2.12 bits per heavy atom. The monoisotopic (exact) mass is 314 g/mol. The van der Waals surface area contributed by atoms with Crippen molar-refractivity contribution >= 4 is 38.9 Å². The minimum Gasteiger partial charge on any atom is -0.136 e. The van der Waals surface area contributed by atoms with Crippen LogP contribution in [-0.4, -0.2) is 0 Å². The molecular weight excluding hydrogens is 304 g/mol. The molecule has 1 aromatic carbocycles. The van der Waals surface area contributed by atoms with Crippen molar-refractivity contribution in [1.82, 2.24) is 0 Å². The van der Waals surface area contributed by atoms with E-state index >= 15 is 0 Å². The summed E-state index contributed by atoms with van der Waals surface area (Å²) >= 11 is 11.6. The standard InChI is InChI=1S/C13H12BrClS/c1-9-4-2-3-5-10(9)6-12(15)11-7-13(14)16-8-11/h2-5,7-8,12H,6H2,1H3. The molecule has 3 heteroatoms. The zero-order valence-electron chi connectivity index (χ0n) is 8.91. The molecule has 0 amide bonds. The van der Waals surface area contributed by atoms with Gasteiger partial charge < -0.3 is 0 Å². The molecule has 1 aromatic heterocycles. The van der Waals surface area contributed by atoms with Crippen LogP contribution >= 0.6 is 38.9 Å². The lowest BCUT2D eigenvalue weighted by Crippen LogP contribution is -1.96. The minimum atomic E-state index is 0.0589. The third kappa shape index (κ3) is 2.88. The van der Waals surface area contributed by atoms with Gasteiger partial charge in [0.15, 0.2) is 0 Å². The SMILES string of the molecule is Cc1ccccc1CC(Cl)c1csc(Br)c1. The van der Waals surface area contributed by atoms with E-state index in [2.05, 4.69) is 58.6 Å². The predicted molar refractivity (Wildman–Crippen MR) is 75.5 cm³/mol. The fraction of sp³-hybridized carbons (Fsp3) is 0.231. The average Bonchev–Trinajstić information content (AvgIpc) is 2.68. The summed E-state index contributed by atoms with van der Waals surface area (Å²) in [5.41, 5.74) is 3.83. The lowest BCUT2D eigenvalue weighted by molar-refractivity contribution is 0.915. The molecule has 0 bridgehead atoms. The highest BCUT2D eigenvalue weighted by atomic mass is 79.9. The predicted octanol–water partition coefficient (Wildman–Crippen LogP) is 5.34. The zero-order chi connectivity index (χ0) is 11.5. The van der Waals surface area contributed by atoms with Gasteiger partial charge in [-0.3, -0.25) is 0 Å². The van der Waals surface area contributed by atoms with Crippen LogP contribution in [0.3, 0.4) is 0 Å². The lowest BCUT2D eigenvalue weighted by atomic mass is 10.0. The number of thiophene rings is 1. The van der Waals surface area contributed by atoms with E-state index in [4.69, 9.17) is 11.6 Å². The first kappa shape index (κ1) is 12.2. The number of benzene rings is 1. The smallest absolute Gasteiger partial charge is 0.0701 e. The van der Waals surface area contributed by atoms with Gasteiger partial charge in [-0.15, -0.1) is 22.9 Å². The van der Waals surface area contributed by atoms with Gasteiger partial charge in [0.2, 0.25) is 0 Å². The van der Waals surface area contributed by atoms with E-state index in [1.54, 1.807) is 11.3 Å². The summed E-state index contributed by atoms with van der Waals surface area (Å²) in [6, 6.07) is 10.5. The van der Waals surface area contributed by atoms with E-state index < -0.39 is 0 Å². The largest absolute Gasteiger partial charge is 0.136 e. The van der Waals surface area contributed by atoms with Gasteiger partial charge in [-0.1, -0.05) is 24.3 Å². The summed E-state index contributed by atoms with van der Waals surface area (Å²) in [4.78, 5) is 0. The summed E-state index contributed by atoms with van der Waals surface area (Å²) < 4.78 is 1.14. The average molecular weight is 316 g/mol. The van der Waals surface area contributed by atoms with E-state index in [-0.39, 0.29) is 5.38 Å². The molecule has 1 unspecified atom stereocenters. The van der Waals surface area contributed by atoms with Gasteiger partial charge in [0.1, 0.15) is 0 Å². The Balaban J connectivity index is 2.13. The molecule has 84 valence electrons. The topological polar surface area (TPSA) is 0 Å². The molecule has 16 heavy (non-hydrogen) atoms. The maximum Gasteiger partial charge on any atom is 0.0701 e. The third-order valence-corrected chi connectivity index (χ3v) is 4.54. The maximum atomic E-state index is 6.41. The lowest BCUT2D eigenvalue weighted by Gasteiger charge is -2.09. The summed E-state index contributed by atoms with van der Waals surface area (Å²) in [7, 11) is 0. The number of aryl methyl sites for hydroxylation is 1. The van der Waals surface area contributed by atoms with Crippen molar-refractivity contribution in [2.45, 2.75) is 18.7 Å². The molecule has 2 aromatic rings. The van der Waals surface area contributed by atoms with Crippen LogP contribution in [0.1, 0.15) is 22.1 Å². The van der Waals surface area contributed by atoms with Gasteiger partial charge in [0, 0.05) is 0 Å². The van der Waals surface area contributed by atoms with Crippen molar-refractivity contribution in [2.24, 2.45) is 0 Å².